The number of benzene rings is 1. The summed E-state index contributed by atoms with van der Waals surface area (Å²) in [6, 6.07) is 5.48. The van der Waals surface area contributed by atoms with Crippen LogP contribution in [0.1, 0.15) is 30.1 Å². The van der Waals surface area contributed by atoms with E-state index in [9.17, 15) is 9.18 Å². The van der Waals surface area contributed by atoms with Gasteiger partial charge in [-0.25, -0.2) is 4.39 Å². The van der Waals surface area contributed by atoms with Crippen molar-refractivity contribution in [3.05, 3.63) is 29.6 Å². The van der Waals surface area contributed by atoms with E-state index in [-0.39, 0.29) is 11.3 Å². The molecule has 4 nitrogen and oxygen atoms in total. The van der Waals surface area contributed by atoms with Gasteiger partial charge in [-0.05, 0) is 18.6 Å². The van der Waals surface area contributed by atoms with E-state index in [0.29, 0.717) is 6.42 Å². The Balaban J connectivity index is 2.94. The molecule has 1 aromatic carbocycles. The summed E-state index contributed by atoms with van der Waals surface area (Å²) in [4.78, 5) is 11.9. The van der Waals surface area contributed by atoms with Crippen molar-refractivity contribution < 1.29 is 13.9 Å². The molecule has 0 aromatic heterocycles. The second kappa shape index (κ2) is 6.60. The second-order valence-corrected chi connectivity index (χ2v) is 3.76. The number of halogens is 1. The minimum atomic E-state index is -0.667. The molecule has 0 saturated heterocycles. The second-order valence-electron chi connectivity index (χ2n) is 3.76. The first-order valence-electron chi connectivity index (χ1n) is 5.67. The van der Waals surface area contributed by atoms with Crippen LogP contribution in [-0.2, 0) is 0 Å². The zero-order valence-electron chi connectivity index (χ0n) is 10.4. The molecule has 0 radical (unpaired) electrons. The lowest BCUT2D eigenvalue weighted by Crippen LogP contribution is -2.34. The Bertz CT molecular complexity index is 469. The molecule has 0 aliphatic heterocycles. The molecule has 0 heterocycles. The molecule has 96 valence electrons. The van der Waals surface area contributed by atoms with Gasteiger partial charge in [0.15, 0.2) is 0 Å². The maximum absolute atomic E-state index is 13.6. The molecule has 0 aliphatic rings. The highest BCUT2D eigenvalue weighted by molar-refractivity contribution is 5.97. The summed E-state index contributed by atoms with van der Waals surface area (Å²) in [5.41, 5.74) is -0.170. The number of methoxy groups -OCH3 is 1. The summed E-state index contributed by atoms with van der Waals surface area (Å²) >= 11 is 0. The van der Waals surface area contributed by atoms with E-state index < -0.39 is 17.8 Å². The predicted molar refractivity (Wildman–Crippen MR) is 64.7 cm³/mol. The number of amides is 1. The van der Waals surface area contributed by atoms with Crippen LogP contribution in [0.5, 0.6) is 5.75 Å². The number of nitriles is 1. The van der Waals surface area contributed by atoms with Gasteiger partial charge in [0.25, 0.3) is 5.91 Å². The van der Waals surface area contributed by atoms with Crippen LogP contribution in [-0.4, -0.2) is 19.1 Å². The summed E-state index contributed by atoms with van der Waals surface area (Å²) in [5, 5.41) is 11.3. The van der Waals surface area contributed by atoms with Crippen LogP contribution in [0.2, 0.25) is 0 Å². The van der Waals surface area contributed by atoms with Crippen LogP contribution >= 0.6 is 0 Å². The monoisotopic (exact) mass is 250 g/mol. The third-order valence-corrected chi connectivity index (χ3v) is 2.46. The lowest BCUT2D eigenvalue weighted by Gasteiger charge is -2.13. The standard InChI is InChI=1S/C13H15FN2O2/c1-3-5-9(8-15)16-13(17)12-10(14)6-4-7-11(12)18-2/h4,6-7,9H,3,5H2,1-2H3,(H,16,17). The Labute approximate surface area is 105 Å². The van der Waals surface area contributed by atoms with Gasteiger partial charge in [0.05, 0.1) is 13.2 Å². The van der Waals surface area contributed by atoms with Crippen molar-refractivity contribution in [2.24, 2.45) is 0 Å². The zero-order valence-corrected chi connectivity index (χ0v) is 10.4. The van der Waals surface area contributed by atoms with E-state index >= 15 is 0 Å². The minimum Gasteiger partial charge on any atom is -0.496 e. The third-order valence-electron chi connectivity index (χ3n) is 2.46. The van der Waals surface area contributed by atoms with Crippen LogP contribution in [0.25, 0.3) is 0 Å². The molecule has 1 aromatic rings. The quantitative estimate of drug-likeness (QED) is 0.871. The predicted octanol–water partition coefficient (Wildman–Crippen LogP) is 2.26. The average Bonchev–Trinajstić information content (AvgIpc) is 2.37. The number of nitrogens with zero attached hydrogens (tertiary/aromatic N) is 1. The van der Waals surface area contributed by atoms with Crippen molar-refractivity contribution in [2.75, 3.05) is 7.11 Å². The van der Waals surface area contributed by atoms with Crippen LogP contribution < -0.4 is 10.1 Å². The van der Waals surface area contributed by atoms with Gasteiger partial charge >= 0.3 is 0 Å². The minimum absolute atomic E-state index is 0.153. The number of carbonyl (C=O) groups is 1. The molecule has 0 aliphatic carbocycles. The van der Waals surface area contributed by atoms with E-state index in [2.05, 4.69) is 5.32 Å². The first-order chi connectivity index (χ1) is 8.63. The Morgan fingerprint density at radius 2 is 2.33 bits per heavy atom. The van der Waals surface area contributed by atoms with Crippen LogP contribution in [0.4, 0.5) is 4.39 Å². The molecule has 0 bridgehead atoms. The fourth-order valence-corrected chi connectivity index (χ4v) is 1.58. The van der Waals surface area contributed by atoms with Crippen molar-refractivity contribution in [1.82, 2.24) is 5.32 Å². The van der Waals surface area contributed by atoms with Crippen molar-refractivity contribution >= 4 is 5.91 Å². The highest BCUT2D eigenvalue weighted by Crippen LogP contribution is 2.21. The molecule has 18 heavy (non-hydrogen) atoms. The summed E-state index contributed by atoms with van der Waals surface area (Å²) in [6.07, 6.45) is 1.28. The summed E-state index contributed by atoms with van der Waals surface area (Å²) < 4.78 is 18.5. The topological polar surface area (TPSA) is 62.1 Å². The molecular weight excluding hydrogens is 235 g/mol. The van der Waals surface area contributed by atoms with Crippen molar-refractivity contribution in [2.45, 2.75) is 25.8 Å². The number of hydrogen-bond acceptors (Lipinski definition) is 3. The maximum atomic E-state index is 13.6. The van der Waals surface area contributed by atoms with Gasteiger partial charge in [-0.2, -0.15) is 5.26 Å². The Morgan fingerprint density at radius 3 is 2.89 bits per heavy atom. The number of rotatable bonds is 5. The lowest BCUT2D eigenvalue weighted by molar-refractivity contribution is 0.0936. The molecule has 0 fully saturated rings. The van der Waals surface area contributed by atoms with E-state index in [4.69, 9.17) is 10.00 Å². The van der Waals surface area contributed by atoms with Crippen LogP contribution in [0.3, 0.4) is 0 Å². The number of ether oxygens (including phenoxy) is 1. The number of nitrogens with one attached hydrogen (secondary N) is 1. The van der Waals surface area contributed by atoms with Gasteiger partial charge in [0.1, 0.15) is 23.2 Å². The lowest BCUT2D eigenvalue weighted by atomic mass is 10.1. The first-order valence-corrected chi connectivity index (χ1v) is 5.67. The van der Waals surface area contributed by atoms with Gasteiger partial charge < -0.3 is 10.1 Å². The smallest absolute Gasteiger partial charge is 0.259 e. The molecule has 1 amide bonds. The number of carbonyl (C=O) groups excluding carboxylic acids is 1. The normalized spacial score (nSPS) is 11.4. The van der Waals surface area contributed by atoms with Crippen LogP contribution in [0.15, 0.2) is 18.2 Å². The highest BCUT2D eigenvalue weighted by atomic mass is 19.1. The average molecular weight is 250 g/mol. The zero-order chi connectivity index (χ0) is 13.5. The molecule has 1 rings (SSSR count). The number of hydrogen-bond donors (Lipinski definition) is 1. The Hall–Kier alpha value is -2.09. The third kappa shape index (κ3) is 3.20. The van der Waals surface area contributed by atoms with Crippen molar-refractivity contribution in [3.8, 4) is 11.8 Å². The fourth-order valence-electron chi connectivity index (χ4n) is 1.58. The van der Waals surface area contributed by atoms with E-state index in [0.717, 1.165) is 6.42 Å². The fraction of sp³-hybridized carbons (Fsp3) is 0.385. The molecule has 1 N–H and O–H groups in total. The summed E-state index contributed by atoms with van der Waals surface area (Å²) in [6.45, 7) is 1.90. The highest BCUT2D eigenvalue weighted by Gasteiger charge is 2.20. The van der Waals surface area contributed by atoms with E-state index in [1.165, 1.54) is 25.3 Å². The molecule has 1 unspecified atom stereocenters. The van der Waals surface area contributed by atoms with Gasteiger partial charge in [0.2, 0.25) is 0 Å². The van der Waals surface area contributed by atoms with Gasteiger partial charge in [0, 0.05) is 0 Å². The molecule has 0 saturated carbocycles. The Morgan fingerprint density at radius 1 is 1.61 bits per heavy atom. The largest absolute Gasteiger partial charge is 0.496 e. The summed E-state index contributed by atoms with van der Waals surface area (Å²) in [5.74, 6) is -1.15. The molecule has 0 spiro atoms. The molecule has 1 atom stereocenters. The summed E-state index contributed by atoms with van der Waals surface area (Å²) in [7, 11) is 1.36. The SMILES string of the molecule is CCCC(C#N)NC(=O)c1c(F)cccc1OC. The van der Waals surface area contributed by atoms with E-state index in [1.54, 1.807) is 0 Å². The van der Waals surface area contributed by atoms with Gasteiger partial charge in [-0.15, -0.1) is 0 Å². The van der Waals surface area contributed by atoms with Gasteiger partial charge in [-0.1, -0.05) is 19.4 Å². The Kier molecular flexibility index (Phi) is 5.12. The maximum Gasteiger partial charge on any atom is 0.259 e. The van der Waals surface area contributed by atoms with Gasteiger partial charge in [-0.3, -0.25) is 4.79 Å². The van der Waals surface area contributed by atoms with E-state index in [1.807, 2.05) is 13.0 Å². The van der Waals surface area contributed by atoms with Crippen LogP contribution in [0, 0.1) is 17.1 Å². The molecular formula is C13H15FN2O2. The molecule has 5 heteroatoms. The first kappa shape index (κ1) is 14.0. The van der Waals surface area contributed by atoms with Crippen molar-refractivity contribution in [3.63, 3.8) is 0 Å². The van der Waals surface area contributed by atoms with Crippen molar-refractivity contribution in [1.29, 1.82) is 5.26 Å².